The molecule has 1 aliphatic heterocycles. The Bertz CT molecular complexity index is 963. The van der Waals surface area contributed by atoms with E-state index in [4.69, 9.17) is 9.47 Å². The van der Waals surface area contributed by atoms with Crippen LogP contribution in [0.3, 0.4) is 0 Å². The number of rotatable bonds is 5. The Morgan fingerprint density at radius 2 is 2.17 bits per heavy atom. The number of aromatic nitrogens is 3. The molecule has 0 saturated carbocycles. The Kier molecular flexibility index (Phi) is 3.43. The molecule has 0 fully saturated rings. The second kappa shape index (κ2) is 5.48. The number of benzene rings is 1. The molecule has 0 atom stereocenters. The highest BCUT2D eigenvalue weighted by Gasteiger charge is 2.20. The maximum Gasteiger partial charge on any atom is 0.240 e. The Morgan fingerprint density at radius 1 is 1.30 bits per heavy atom. The zero-order valence-corrected chi connectivity index (χ0v) is 13.4. The highest BCUT2D eigenvalue weighted by Crippen LogP contribution is 2.33. The standard InChI is InChI=1S/C13H12N4O4S2/c18-23(19,10-1-2-11-12(5-10)21-8-20-11)16-4-3-9-6-22-13-14-7-15-17(9)13/h1-2,5-7,16H,3-4,8H2. The molecule has 23 heavy (non-hydrogen) atoms. The zero-order valence-electron chi connectivity index (χ0n) is 11.8. The van der Waals surface area contributed by atoms with Gasteiger partial charge in [-0.15, -0.1) is 11.3 Å². The van der Waals surface area contributed by atoms with E-state index in [9.17, 15) is 8.42 Å². The van der Waals surface area contributed by atoms with Crippen LogP contribution in [0.4, 0.5) is 0 Å². The third kappa shape index (κ3) is 2.64. The third-order valence-corrected chi connectivity index (χ3v) is 5.75. The first kappa shape index (κ1) is 14.4. The lowest BCUT2D eigenvalue weighted by molar-refractivity contribution is 0.174. The molecule has 8 nitrogen and oxygen atoms in total. The van der Waals surface area contributed by atoms with Crippen molar-refractivity contribution in [2.45, 2.75) is 11.3 Å². The number of nitrogens with one attached hydrogen (secondary N) is 1. The van der Waals surface area contributed by atoms with E-state index in [0.717, 1.165) is 10.7 Å². The van der Waals surface area contributed by atoms with Crippen LogP contribution in [0.5, 0.6) is 11.5 Å². The second-order valence-corrected chi connectivity index (χ2v) is 7.45. The van der Waals surface area contributed by atoms with E-state index in [2.05, 4.69) is 14.8 Å². The summed E-state index contributed by atoms with van der Waals surface area (Å²) >= 11 is 1.47. The molecule has 1 aliphatic rings. The summed E-state index contributed by atoms with van der Waals surface area (Å²) in [5.74, 6) is 0.992. The predicted octanol–water partition coefficient (Wildman–Crippen LogP) is 1.04. The van der Waals surface area contributed by atoms with Gasteiger partial charge in [0, 0.05) is 24.4 Å². The Morgan fingerprint density at radius 3 is 3.09 bits per heavy atom. The number of sulfonamides is 1. The SMILES string of the molecule is O=S(=O)(NCCc1csc2ncnn12)c1ccc2c(c1)OCO2. The molecule has 2 aromatic heterocycles. The van der Waals surface area contributed by atoms with Gasteiger partial charge in [0.1, 0.15) is 6.33 Å². The summed E-state index contributed by atoms with van der Waals surface area (Å²) in [5, 5.41) is 6.02. The van der Waals surface area contributed by atoms with Crippen molar-refractivity contribution in [1.82, 2.24) is 19.3 Å². The number of nitrogens with zero attached hydrogens (tertiary/aromatic N) is 3. The van der Waals surface area contributed by atoms with E-state index in [0.29, 0.717) is 17.9 Å². The van der Waals surface area contributed by atoms with Gasteiger partial charge in [-0.1, -0.05) is 0 Å². The van der Waals surface area contributed by atoms with Crippen molar-refractivity contribution in [1.29, 1.82) is 0 Å². The fraction of sp³-hybridized carbons (Fsp3) is 0.231. The maximum atomic E-state index is 12.3. The normalized spacial score (nSPS) is 13.7. The number of thiazole rings is 1. The second-order valence-electron chi connectivity index (χ2n) is 4.84. The van der Waals surface area contributed by atoms with E-state index in [1.54, 1.807) is 10.6 Å². The highest BCUT2D eigenvalue weighted by molar-refractivity contribution is 7.89. The summed E-state index contributed by atoms with van der Waals surface area (Å²) < 4.78 is 39.3. The Labute approximate surface area is 135 Å². The number of fused-ring (bicyclic) bond motifs is 2. The molecule has 3 aromatic rings. The fourth-order valence-corrected chi connectivity index (χ4v) is 4.16. The lowest BCUT2D eigenvalue weighted by Gasteiger charge is -2.07. The summed E-state index contributed by atoms with van der Waals surface area (Å²) in [6.45, 7) is 0.376. The average Bonchev–Trinajstić information content (AvgIpc) is 3.23. The van der Waals surface area contributed by atoms with Crippen LogP contribution in [0.15, 0.2) is 34.8 Å². The minimum atomic E-state index is -3.60. The van der Waals surface area contributed by atoms with Gasteiger partial charge in [-0.05, 0) is 12.1 Å². The van der Waals surface area contributed by atoms with Gasteiger partial charge in [0.25, 0.3) is 0 Å². The van der Waals surface area contributed by atoms with Crippen molar-refractivity contribution in [3.05, 3.63) is 35.6 Å². The maximum absolute atomic E-state index is 12.3. The van der Waals surface area contributed by atoms with E-state index >= 15 is 0 Å². The monoisotopic (exact) mass is 352 g/mol. The number of hydrogen-bond donors (Lipinski definition) is 1. The van der Waals surface area contributed by atoms with Crippen molar-refractivity contribution < 1.29 is 17.9 Å². The van der Waals surface area contributed by atoms with Crippen molar-refractivity contribution in [2.24, 2.45) is 0 Å². The van der Waals surface area contributed by atoms with Crippen molar-refractivity contribution in [2.75, 3.05) is 13.3 Å². The van der Waals surface area contributed by atoms with Crippen LogP contribution >= 0.6 is 11.3 Å². The molecule has 120 valence electrons. The van der Waals surface area contributed by atoms with Gasteiger partial charge in [0.15, 0.2) is 11.5 Å². The molecule has 0 spiro atoms. The molecule has 0 bridgehead atoms. The van der Waals surface area contributed by atoms with Crippen LogP contribution in [0.1, 0.15) is 5.69 Å². The van der Waals surface area contributed by atoms with Crippen LogP contribution in [0.25, 0.3) is 4.96 Å². The van der Waals surface area contributed by atoms with Gasteiger partial charge in [-0.2, -0.15) is 5.10 Å². The topological polar surface area (TPSA) is 94.8 Å². The Hall–Kier alpha value is -2.17. The smallest absolute Gasteiger partial charge is 0.240 e. The minimum absolute atomic E-state index is 0.109. The number of ether oxygens (including phenoxy) is 2. The van der Waals surface area contributed by atoms with E-state index in [-0.39, 0.29) is 18.2 Å². The highest BCUT2D eigenvalue weighted by atomic mass is 32.2. The van der Waals surface area contributed by atoms with E-state index in [1.165, 1.54) is 29.8 Å². The molecule has 3 heterocycles. The largest absolute Gasteiger partial charge is 0.454 e. The van der Waals surface area contributed by atoms with Gasteiger partial charge in [-0.3, -0.25) is 0 Å². The predicted molar refractivity (Wildman–Crippen MR) is 82.3 cm³/mol. The van der Waals surface area contributed by atoms with Gasteiger partial charge >= 0.3 is 0 Å². The lowest BCUT2D eigenvalue weighted by Crippen LogP contribution is -2.26. The first-order valence-electron chi connectivity index (χ1n) is 6.79. The van der Waals surface area contributed by atoms with Gasteiger partial charge < -0.3 is 9.47 Å². The van der Waals surface area contributed by atoms with E-state index < -0.39 is 10.0 Å². The van der Waals surface area contributed by atoms with Gasteiger partial charge in [-0.25, -0.2) is 22.6 Å². The molecule has 0 unspecified atom stereocenters. The molecular weight excluding hydrogens is 340 g/mol. The average molecular weight is 352 g/mol. The minimum Gasteiger partial charge on any atom is -0.454 e. The van der Waals surface area contributed by atoms with Crippen LogP contribution in [0.2, 0.25) is 0 Å². The van der Waals surface area contributed by atoms with Crippen molar-refractivity contribution >= 4 is 26.3 Å². The fourth-order valence-electron chi connectivity index (χ4n) is 2.28. The molecule has 0 amide bonds. The van der Waals surface area contributed by atoms with Gasteiger partial charge in [0.2, 0.25) is 21.8 Å². The summed E-state index contributed by atoms with van der Waals surface area (Å²) in [6, 6.07) is 4.55. The first-order valence-corrected chi connectivity index (χ1v) is 9.15. The van der Waals surface area contributed by atoms with Crippen LogP contribution in [-0.2, 0) is 16.4 Å². The van der Waals surface area contributed by atoms with Crippen molar-refractivity contribution in [3.63, 3.8) is 0 Å². The van der Waals surface area contributed by atoms with Crippen LogP contribution in [0, 0.1) is 0 Å². The van der Waals surface area contributed by atoms with Crippen LogP contribution < -0.4 is 14.2 Å². The quantitative estimate of drug-likeness (QED) is 0.737. The first-order chi connectivity index (χ1) is 11.1. The summed E-state index contributed by atoms with van der Waals surface area (Å²) in [4.78, 5) is 5.02. The summed E-state index contributed by atoms with van der Waals surface area (Å²) in [6.07, 6.45) is 2.00. The van der Waals surface area contributed by atoms with Crippen molar-refractivity contribution in [3.8, 4) is 11.5 Å². The summed E-state index contributed by atoms with van der Waals surface area (Å²) in [7, 11) is -3.60. The lowest BCUT2D eigenvalue weighted by atomic mass is 10.3. The molecule has 0 aliphatic carbocycles. The third-order valence-electron chi connectivity index (χ3n) is 3.42. The number of hydrogen-bond acceptors (Lipinski definition) is 7. The van der Waals surface area contributed by atoms with E-state index in [1.807, 2.05) is 5.38 Å². The molecule has 0 saturated heterocycles. The molecule has 4 rings (SSSR count). The molecule has 10 heteroatoms. The molecule has 1 aromatic carbocycles. The summed E-state index contributed by atoms with van der Waals surface area (Å²) in [5.41, 5.74) is 0.913. The molecule has 1 N–H and O–H groups in total. The molecule has 0 radical (unpaired) electrons. The van der Waals surface area contributed by atoms with Gasteiger partial charge in [0.05, 0.1) is 10.6 Å². The zero-order chi connectivity index (χ0) is 15.9. The molecular formula is C13H12N4O4S2. The van der Waals surface area contributed by atoms with Crippen LogP contribution in [-0.4, -0.2) is 36.4 Å². The Balaban J connectivity index is 1.46.